The summed E-state index contributed by atoms with van der Waals surface area (Å²) < 4.78 is 0. The van der Waals surface area contributed by atoms with Crippen molar-refractivity contribution in [2.24, 2.45) is 10.8 Å². The van der Waals surface area contributed by atoms with Gasteiger partial charge in [0.15, 0.2) is 11.5 Å². The second kappa shape index (κ2) is 11.6. The molecule has 0 aliphatic heterocycles. The minimum atomic E-state index is -0.753. The maximum atomic E-state index is 11.2. The quantitative estimate of drug-likeness (QED) is 0.180. The molecule has 0 saturated heterocycles. The summed E-state index contributed by atoms with van der Waals surface area (Å²) in [6, 6.07) is 3.61. The molecular weight excluding hydrogens is 408 g/mol. The molecule has 1 fully saturated rings. The number of aryl methyl sites for hydroxylation is 2. The fraction of sp³-hybridized carbons (Fsp3) is 0.692. The number of carboxylic acids is 2. The van der Waals surface area contributed by atoms with Crippen LogP contribution >= 0.6 is 0 Å². The fourth-order valence-electron chi connectivity index (χ4n) is 4.29. The van der Waals surface area contributed by atoms with Gasteiger partial charge in [-0.15, -0.1) is 0 Å². The summed E-state index contributed by atoms with van der Waals surface area (Å²) in [6.07, 6.45) is 12.2. The third kappa shape index (κ3) is 7.72. The van der Waals surface area contributed by atoms with Gasteiger partial charge < -0.3 is 20.4 Å². The molecule has 6 heteroatoms. The summed E-state index contributed by atoms with van der Waals surface area (Å²) >= 11 is 0. The molecule has 32 heavy (non-hydrogen) atoms. The van der Waals surface area contributed by atoms with Gasteiger partial charge in [-0.25, -0.2) is 0 Å². The zero-order chi connectivity index (χ0) is 23.8. The normalized spacial score (nSPS) is 14.9. The number of hydrogen-bond acceptors (Lipinski definition) is 4. The third-order valence-corrected chi connectivity index (χ3v) is 6.98. The van der Waals surface area contributed by atoms with Crippen molar-refractivity contribution in [3.8, 4) is 11.5 Å². The first-order valence-corrected chi connectivity index (χ1v) is 12.1. The van der Waals surface area contributed by atoms with Crippen molar-refractivity contribution in [1.29, 1.82) is 0 Å². The first-order chi connectivity index (χ1) is 15.1. The number of carbonyl (C=O) groups is 2. The Morgan fingerprint density at radius 2 is 1.47 bits per heavy atom. The van der Waals surface area contributed by atoms with E-state index in [9.17, 15) is 24.9 Å². The number of phenols is 2. The standard InChI is InChI=1S/C26H40O6/c1-25(2,23(29)30)13-9-5-3-7-11-19-17-20(22(28)21(27)18-19)12-8-4-6-10-14-26(15-16-26)24(31)32/h17-18,27-28H,3-16H2,1-2H3,(H,29,30)(H,31,32). The number of aliphatic carboxylic acids is 2. The summed E-state index contributed by atoms with van der Waals surface area (Å²) in [6.45, 7) is 3.52. The molecule has 1 aromatic carbocycles. The van der Waals surface area contributed by atoms with Crippen LogP contribution in [0.3, 0.4) is 0 Å². The number of carboxylic acid groups (broad SMARTS) is 2. The average Bonchev–Trinajstić information content (AvgIpc) is 3.51. The SMILES string of the molecule is CC(C)(CCCCCCc1cc(O)c(O)c(CCCCCCC2(C(=O)O)CC2)c1)C(=O)O. The van der Waals surface area contributed by atoms with E-state index in [1.807, 2.05) is 6.07 Å². The fourth-order valence-corrected chi connectivity index (χ4v) is 4.29. The van der Waals surface area contributed by atoms with Crippen LogP contribution in [0, 0.1) is 10.8 Å². The van der Waals surface area contributed by atoms with Crippen molar-refractivity contribution in [3.05, 3.63) is 23.3 Å². The van der Waals surface area contributed by atoms with Gasteiger partial charge in [0.05, 0.1) is 10.8 Å². The topological polar surface area (TPSA) is 115 Å². The van der Waals surface area contributed by atoms with Gasteiger partial charge >= 0.3 is 11.9 Å². The highest BCUT2D eigenvalue weighted by Crippen LogP contribution is 2.50. The number of unbranched alkanes of at least 4 members (excludes halogenated alkanes) is 6. The van der Waals surface area contributed by atoms with E-state index >= 15 is 0 Å². The molecule has 0 atom stereocenters. The first kappa shape index (κ1) is 26.0. The van der Waals surface area contributed by atoms with Crippen LogP contribution < -0.4 is 0 Å². The minimum absolute atomic E-state index is 0.0348. The second-order valence-corrected chi connectivity index (χ2v) is 10.2. The zero-order valence-electron chi connectivity index (χ0n) is 19.7. The molecule has 1 aromatic rings. The van der Waals surface area contributed by atoms with Crippen LogP contribution in [0.25, 0.3) is 0 Å². The van der Waals surface area contributed by atoms with E-state index in [1.54, 1.807) is 19.9 Å². The van der Waals surface area contributed by atoms with Gasteiger partial charge in [-0.2, -0.15) is 0 Å². The minimum Gasteiger partial charge on any atom is -0.504 e. The summed E-state index contributed by atoms with van der Waals surface area (Å²) in [5, 5.41) is 38.7. The van der Waals surface area contributed by atoms with Crippen LogP contribution in [-0.2, 0) is 22.4 Å². The second-order valence-electron chi connectivity index (χ2n) is 10.2. The van der Waals surface area contributed by atoms with Crippen LogP contribution in [0.2, 0.25) is 0 Å². The molecule has 1 aliphatic rings. The molecule has 4 N–H and O–H groups in total. The van der Waals surface area contributed by atoms with Crippen LogP contribution in [0.1, 0.15) is 102 Å². The summed E-state index contributed by atoms with van der Waals surface area (Å²) in [5.74, 6) is -1.51. The lowest BCUT2D eigenvalue weighted by Crippen LogP contribution is -2.23. The number of phenolic OH excluding ortho intramolecular Hbond substituents is 2. The van der Waals surface area contributed by atoms with E-state index in [0.29, 0.717) is 12.8 Å². The van der Waals surface area contributed by atoms with E-state index in [2.05, 4.69) is 0 Å². The first-order valence-electron chi connectivity index (χ1n) is 12.1. The zero-order valence-corrected chi connectivity index (χ0v) is 19.7. The Balaban J connectivity index is 1.68. The monoisotopic (exact) mass is 448 g/mol. The Labute approximate surface area is 191 Å². The molecule has 6 nitrogen and oxygen atoms in total. The lowest BCUT2D eigenvalue weighted by atomic mass is 9.87. The molecule has 1 saturated carbocycles. The molecule has 0 amide bonds. The van der Waals surface area contributed by atoms with E-state index in [0.717, 1.165) is 88.2 Å². The molecule has 180 valence electrons. The summed E-state index contributed by atoms with van der Waals surface area (Å²) in [7, 11) is 0. The van der Waals surface area contributed by atoms with Crippen LogP contribution in [0.4, 0.5) is 0 Å². The highest BCUT2D eigenvalue weighted by molar-refractivity contribution is 5.77. The lowest BCUT2D eigenvalue weighted by Gasteiger charge is -2.18. The van der Waals surface area contributed by atoms with Gasteiger partial charge in [-0.05, 0) is 82.4 Å². The van der Waals surface area contributed by atoms with Gasteiger partial charge in [0, 0.05) is 0 Å². The maximum absolute atomic E-state index is 11.2. The molecule has 0 radical (unpaired) electrons. The Morgan fingerprint density at radius 3 is 2.06 bits per heavy atom. The summed E-state index contributed by atoms with van der Waals surface area (Å²) in [5.41, 5.74) is 0.670. The largest absolute Gasteiger partial charge is 0.504 e. The maximum Gasteiger partial charge on any atom is 0.309 e. The molecule has 0 bridgehead atoms. The smallest absolute Gasteiger partial charge is 0.309 e. The van der Waals surface area contributed by atoms with Crippen molar-refractivity contribution in [3.63, 3.8) is 0 Å². The average molecular weight is 449 g/mol. The van der Waals surface area contributed by atoms with Gasteiger partial charge in [0.1, 0.15) is 0 Å². The van der Waals surface area contributed by atoms with Crippen molar-refractivity contribution in [1.82, 2.24) is 0 Å². The highest BCUT2D eigenvalue weighted by Gasteiger charge is 2.49. The molecular formula is C26H40O6. The van der Waals surface area contributed by atoms with Crippen molar-refractivity contribution in [2.45, 2.75) is 104 Å². The number of benzene rings is 1. The highest BCUT2D eigenvalue weighted by atomic mass is 16.4. The van der Waals surface area contributed by atoms with Crippen molar-refractivity contribution >= 4 is 11.9 Å². The Morgan fingerprint density at radius 1 is 0.875 bits per heavy atom. The molecule has 0 unspecified atom stereocenters. The summed E-state index contributed by atoms with van der Waals surface area (Å²) in [4.78, 5) is 22.4. The number of rotatable bonds is 16. The van der Waals surface area contributed by atoms with Crippen molar-refractivity contribution in [2.75, 3.05) is 0 Å². The predicted molar refractivity (Wildman–Crippen MR) is 124 cm³/mol. The van der Waals surface area contributed by atoms with Gasteiger partial charge in [-0.3, -0.25) is 9.59 Å². The lowest BCUT2D eigenvalue weighted by molar-refractivity contribution is -0.147. The van der Waals surface area contributed by atoms with Gasteiger partial charge in [-0.1, -0.05) is 44.6 Å². The van der Waals surface area contributed by atoms with Crippen LogP contribution in [0.5, 0.6) is 11.5 Å². The predicted octanol–water partition coefficient (Wildman–Crippen LogP) is 6.06. The van der Waals surface area contributed by atoms with E-state index in [4.69, 9.17) is 5.11 Å². The third-order valence-electron chi connectivity index (χ3n) is 6.98. The Hall–Kier alpha value is -2.24. The van der Waals surface area contributed by atoms with E-state index in [1.165, 1.54) is 0 Å². The van der Waals surface area contributed by atoms with Gasteiger partial charge in [0.2, 0.25) is 0 Å². The molecule has 0 heterocycles. The molecule has 0 aromatic heterocycles. The van der Waals surface area contributed by atoms with E-state index < -0.39 is 22.8 Å². The molecule has 1 aliphatic carbocycles. The van der Waals surface area contributed by atoms with E-state index in [-0.39, 0.29) is 11.5 Å². The molecule has 2 rings (SSSR count). The van der Waals surface area contributed by atoms with Gasteiger partial charge in [0.25, 0.3) is 0 Å². The molecule has 0 spiro atoms. The number of hydrogen-bond donors (Lipinski definition) is 4. The van der Waals surface area contributed by atoms with Crippen molar-refractivity contribution < 1.29 is 30.0 Å². The van der Waals surface area contributed by atoms with Crippen LogP contribution in [0.15, 0.2) is 12.1 Å². The Bertz CT molecular complexity index is 779. The number of aromatic hydroxyl groups is 2. The van der Waals surface area contributed by atoms with Crippen LogP contribution in [-0.4, -0.2) is 32.4 Å². The Kier molecular flexibility index (Phi) is 9.41.